The maximum absolute atomic E-state index is 4.21. The van der Waals surface area contributed by atoms with Gasteiger partial charge in [-0.2, -0.15) is 0 Å². The molecule has 1 saturated heterocycles. The summed E-state index contributed by atoms with van der Waals surface area (Å²) < 4.78 is 0. The highest BCUT2D eigenvalue weighted by molar-refractivity contribution is 5.68. The molecule has 0 bridgehead atoms. The van der Waals surface area contributed by atoms with Crippen molar-refractivity contribution in [1.82, 2.24) is 9.88 Å². The van der Waals surface area contributed by atoms with Crippen LogP contribution in [-0.4, -0.2) is 50.2 Å². The fraction of sp³-hybridized carbons (Fsp3) is 0.615. The minimum Gasteiger partial charge on any atom is -0.379 e. The first-order valence-electron chi connectivity index (χ1n) is 6.23. The van der Waals surface area contributed by atoms with Crippen molar-refractivity contribution < 1.29 is 0 Å². The van der Waals surface area contributed by atoms with Gasteiger partial charge in [0.1, 0.15) is 0 Å². The van der Waals surface area contributed by atoms with Crippen LogP contribution in [0.2, 0.25) is 0 Å². The topological polar surface area (TPSA) is 31.4 Å². The molecule has 1 N–H and O–H groups in total. The molecule has 1 aliphatic heterocycles. The third kappa shape index (κ3) is 3.09. The van der Waals surface area contributed by atoms with Gasteiger partial charge in [0, 0.05) is 26.3 Å². The van der Waals surface area contributed by atoms with Crippen LogP contribution in [-0.2, 0) is 0 Å². The van der Waals surface area contributed by atoms with E-state index in [2.05, 4.69) is 47.3 Å². The van der Waals surface area contributed by atoms with Crippen molar-refractivity contribution in [3.63, 3.8) is 0 Å². The molecule has 0 unspecified atom stereocenters. The van der Waals surface area contributed by atoms with E-state index < -0.39 is 0 Å². The van der Waals surface area contributed by atoms with Gasteiger partial charge in [-0.05, 0) is 39.0 Å². The lowest BCUT2D eigenvalue weighted by Gasteiger charge is -2.31. The molecule has 0 spiro atoms. The van der Waals surface area contributed by atoms with Crippen LogP contribution in [0.4, 0.5) is 11.4 Å². The number of piperidine rings is 1. The summed E-state index contributed by atoms with van der Waals surface area (Å²) in [6, 6.07) is 2.63. The first-order chi connectivity index (χ1) is 8.16. The Bertz CT molecular complexity index is 356. The lowest BCUT2D eigenvalue weighted by molar-refractivity contribution is 0.264. The fourth-order valence-corrected chi connectivity index (χ4v) is 2.26. The molecule has 4 heteroatoms. The van der Waals surface area contributed by atoms with Crippen molar-refractivity contribution in [2.45, 2.75) is 18.9 Å². The maximum Gasteiger partial charge on any atom is 0.0766 e. The zero-order valence-electron chi connectivity index (χ0n) is 11.0. The van der Waals surface area contributed by atoms with Crippen LogP contribution in [0.25, 0.3) is 0 Å². The predicted octanol–water partition coefficient (Wildman–Crippen LogP) is 1.65. The Morgan fingerprint density at radius 1 is 1.35 bits per heavy atom. The lowest BCUT2D eigenvalue weighted by atomic mass is 10.1. The highest BCUT2D eigenvalue weighted by Crippen LogP contribution is 2.25. The first kappa shape index (κ1) is 12.2. The van der Waals surface area contributed by atoms with Gasteiger partial charge in [-0.1, -0.05) is 0 Å². The molecule has 0 radical (unpaired) electrons. The minimum atomic E-state index is 0.578. The molecule has 17 heavy (non-hydrogen) atoms. The molecule has 1 fully saturated rings. The predicted molar refractivity (Wildman–Crippen MR) is 72.7 cm³/mol. The Hall–Kier alpha value is -1.29. The van der Waals surface area contributed by atoms with Crippen molar-refractivity contribution in [3.8, 4) is 0 Å². The molecule has 1 aliphatic rings. The quantitative estimate of drug-likeness (QED) is 0.862. The van der Waals surface area contributed by atoms with Crippen LogP contribution in [0.15, 0.2) is 18.5 Å². The standard InChI is InChI=1S/C13H22N4/c1-16(2)13-4-7-14-10-12(13)15-11-5-8-17(3)9-6-11/h4,7,10-11,15H,5-6,8-9H2,1-3H3. The lowest BCUT2D eigenvalue weighted by Crippen LogP contribution is -2.37. The van der Waals surface area contributed by atoms with Gasteiger partial charge in [-0.15, -0.1) is 0 Å². The fourth-order valence-electron chi connectivity index (χ4n) is 2.26. The van der Waals surface area contributed by atoms with Crippen LogP contribution >= 0.6 is 0 Å². The highest BCUT2D eigenvalue weighted by Gasteiger charge is 2.17. The molecule has 0 amide bonds. The number of aromatic nitrogens is 1. The van der Waals surface area contributed by atoms with Gasteiger partial charge in [0.15, 0.2) is 0 Å². The zero-order chi connectivity index (χ0) is 12.3. The van der Waals surface area contributed by atoms with Gasteiger partial charge in [-0.25, -0.2) is 0 Å². The number of hydrogen-bond acceptors (Lipinski definition) is 4. The van der Waals surface area contributed by atoms with E-state index in [-0.39, 0.29) is 0 Å². The molecule has 2 rings (SSSR count). The second-order valence-electron chi connectivity index (χ2n) is 5.01. The summed E-state index contributed by atoms with van der Waals surface area (Å²) in [6.45, 7) is 2.35. The van der Waals surface area contributed by atoms with Crippen LogP contribution in [0.3, 0.4) is 0 Å². The third-order valence-corrected chi connectivity index (χ3v) is 3.36. The second-order valence-corrected chi connectivity index (χ2v) is 5.01. The molecule has 1 aromatic heterocycles. The maximum atomic E-state index is 4.21. The van der Waals surface area contributed by atoms with Crippen LogP contribution in [0.1, 0.15) is 12.8 Å². The van der Waals surface area contributed by atoms with Crippen molar-refractivity contribution in [3.05, 3.63) is 18.5 Å². The van der Waals surface area contributed by atoms with Crippen molar-refractivity contribution >= 4 is 11.4 Å². The Kier molecular flexibility index (Phi) is 3.84. The molecular formula is C13H22N4. The normalized spacial score (nSPS) is 18.1. The van der Waals surface area contributed by atoms with Gasteiger partial charge >= 0.3 is 0 Å². The first-order valence-corrected chi connectivity index (χ1v) is 6.23. The molecule has 94 valence electrons. The Balaban J connectivity index is 2.03. The summed E-state index contributed by atoms with van der Waals surface area (Å²) in [5.74, 6) is 0. The van der Waals surface area contributed by atoms with E-state index in [1.54, 1.807) is 0 Å². The smallest absolute Gasteiger partial charge is 0.0766 e. The molecule has 0 saturated carbocycles. The van der Waals surface area contributed by atoms with Gasteiger partial charge < -0.3 is 15.1 Å². The summed E-state index contributed by atoms with van der Waals surface area (Å²) >= 11 is 0. The van der Waals surface area contributed by atoms with Crippen LogP contribution < -0.4 is 10.2 Å². The summed E-state index contributed by atoms with van der Waals surface area (Å²) in [4.78, 5) is 8.72. The van der Waals surface area contributed by atoms with Gasteiger partial charge in [0.2, 0.25) is 0 Å². The van der Waals surface area contributed by atoms with Crippen molar-refractivity contribution in [1.29, 1.82) is 0 Å². The molecule has 1 aromatic rings. The van der Waals surface area contributed by atoms with Crippen LogP contribution in [0.5, 0.6) is 0 Å². The van der Waals surface area contributed by atoms with Crippen molar-refractivity contribution in [2.75, 3.05) is 44.4 Å². The zero-order valence-corrected chi connectivity index (χ0v) is 11.0. The Morgan fingerprint density at radius 3 is 2.71 bits per heavy atom. The minimum absolute atomic E-state index is 0.578. The van der Waals surface area contributed by atoms with E-state index >= 15 is 0 Å². The number of pyridine rings is 1. The number of anilines is 2. The molecule has 0 aromatic carbocycles. The molecule has 0 atom stereocenters. The monoisotopic (exact) mass is 234 g/mol. The van der Waals surface area contributed by atoms with E-state index in [1.165, 1.54) is 31.6 Å². The van der Waals surface area contributed by atoms with Gasteiger partial charge in [-0.3, -0.25) is 4.98 Å². The van der Waals surface area contributed by atoms with Gasteiger partial charge in [0.05, 0.1) is 17.6 Å². The highest BCUT2D eigenvalue weighted by atomic mass is 15.1. The molecule has 0 aliphatic carbocycles. The second kappa shape index (κ2) is 5.36. The van der Waals surface area contributed by atoms with E-state index in [4.69, 9.17) is 0 Å². The number of hydrogen-bond donors (Lipinski definition) is 1. The third-order valence-electron chi connectivity index (χ3n) is 3.36. The number of rotatable bonds is 3. The Labute approximate surface area is 104 Å². The summed E-state index contributed by atoms with van der Waals surface area (Å²) in [6.07, 6.45) is 6.18. The average Bonchev–Trinajstić information content (AvgIpc) is 2.32. The van der Waals surface area contributed by atoms with E-state index in [0.29, 0.717) is 6.04 Å². The summed E-state index contributed by atoms with van der Waals surface area (Å²) in [5.41, 5.74) is 2.35. The molecule has 4 nitrogen and oxygen atoms in total. The van der Waals surface area contributed by atoms with Crippen LogP contribution in [0, 0.1) is 0 Å². The van der Waals surface area contributed by atoms with E-state index in [0.717, 1.165) is 5.69 Å². The molecular weight excluding hydrogens is 212 g/mol. The Morgan fingerprint density at radius 2 is 2.06 bits per heavy atom. The molecule has 2 heterocycles. The average molecular weight is 234 g/mol. The summed E-state index contributed by atoms with van der Waals surface area (Å²) in [5, 5.41) is 3.62. The number of nitrogens with zero attached hydrogens (tertiary/aromatic N) is 3. The summed E-state index contributed by atoms with van der Waals surface area (Å²) in [7, 11) is 6.32. The SMILES string of the molecule is CN1CCC(Nc2cnccc2N(C)C)CC1. The van der Waals surface area contributed by atoms with Gasteiger partial charge in [0.25, 0.3) is 0 Å². The van der Waals surface area contributed by atoms with E-state index in [9.17, 15) is 0 Å². The number of nitrogens with one attached hydrogen (secondary N) is 1. The largest absolute Gasteiger partial charge is 0.379 e. The van der Waals surface area contributed by atoms with Crippen molar-refractivity contribution in [2.24, 2.45) is 0 Å². The number of likely N-dealkylation sites (tertiary alicyclic amines) is 1. The van der Waals surface area contributed by atoms with E-state index in [1.807, 2.05) is 12.4 Å².